The molecule has 0 amide bonds. The van der Waals surface area contributed by atoms with E-state index in [1.165, 1.54) is 0 Å². The van der Waals surface area contributed by atoms with E-state index in [0.717, 1.165) is 11.3 Å². The minimum Gasteiger partial charge on any atom is -0.394 e. The number of aliphatic hydroxyl groups excluding tert-OH is 2. The lowest BCUT2D eigenvalue weighted by Crippen LogP contribution is -2.45. The Morgan fingerprint density at radius 3 is 2.70 bits per heavy atom. The Labute approximate surface area is 179 Å². The number of oxime groups is 1. The Kier molecular flexibility index (Phi) is 5.69. The Morgan fingerprint density at radius 2 is 2.00 bits per heavy atom. The standard InChI is InChI=1S/C21H24ClN3O5/c1-3-29-24-19-14-9-11-25(15(14)8-10-23-19)20-17(27)16(26)18(30-20)21(2,28)12-4-6-13(22)7-5-12/h4-7,9-11,16-18,20,26-28H,3,8H2,1-2H3/b24-19-/t16-,17+,18-,20+,21+/m0/s1. The summed E-state index contributed by atoms with van der Waals surface area (Å²) in [6.45, 7) is 3.80. The molecule has 3 N–H and O–H groups in total. The van der Waals surface area contributed by atoms with Crippen molar-refractivity contribution in [3.05, 3.63) is 58.4 Å². The van der Waals surface area contributed by atoms with Crippen molar-refractivity contribution >= 4 is 23.7 Å². The molecular formula is C21H24ClN3O5. The summed E-state index contributed by atoms with van der Waals surface area (Å²) in [5, 5.41) is 37.2. The summed E-state index contributed by atoms with van der Waals surface area (Å²) in [5.74, 6) is 0.439. The van der Waals surface area contributed by atoms with E-state index in [9.17, 15) is 15.3 Å². The third-order valence-electron chi connectivity index (χ3n) is 5.54. The molecule has 0 radical (unpaired) electrons. The number of aromatic nitrogens is 1. The predicted molar refractivity (Wildman–Crippen MR) is 112 cm³/mol. The number of rotatable bonds is 5. The van der Waals surface area contributed by atoms with Crippen LogP contribution in [0.3, 0.4) is 0 Å². The number of fused-ring (bicyclic) bond motifs is 1. The first-order valence-electron chi connectivity index (χ1n) is 9.77. The van der Waals surface area contributed by atoms with Gasteiger partial charge in [-0.05, 0) is 37.6 Å². The van der Waals surface area contributed by atoms with E-state index in [4.69, 9.17) is 21.2 Å². The maximum Gasteiger partial charge on any atom is 0.200 e. The van der Waals surface area contributed by atoms with Crippen LogP contribution in [0.4, 0.5) is 0 Å². The lowest BCUT2D eigenvalue weighted by molar-refractivity contribution is -0.136. The molecule has 2 aliphatic heterocycles. The van der Waals surface area contributed by atoms with Gasteiger partial charge in [-0.2, -0.15) is 0 Å². The van der Waals surface area contributed by atoms with Crippen LogP contribution in [0, 0.1) is 0 Å². The maximum absolute atomic E-state index is 11.2. The zero-order chi connectivity index (χ0) is 21.5. The van der Waals surface area contributed by atoms with Gasteiger partial charge in [0.2, 0.25) is 0 Å². The fourth-order valence-electron chi connectivity index (χ4n) is 3.93. The molecule has 1 aromatic heterocycles. The monoisotopic (exact) mass is 433 g/mol. The van der Waals surface area contributed by atoms with E-state index in [-0.39, 0.29) is 0 Å². The number of hydrogen-bond donors (Lipinski definition) is 3. The predicted octanol–water partition coefficient (Wildman–Crippen LogP) is 1.99. The molecule has 1 fully saturated rings. The molecule has 5 atom stereocenters. The summed E-state index contributed by atoms with van der Waals surface area (Å²) >= 11 is 5.94. The fourth-order valence-corrected chi connectivity index (χ4v) is 4.06. The molecule has 160 valence electrons. The molecule has 9 heteroatoms. The van der Waals surface area contributed by atoms with E-state index in [0.29, 0.717) is 29.4 Å². The Morgan fingerprint density at radius 1 is 1.27 bits per heavy atom. The molecule has 30 heavy (non-hydrogen) atoms. The average molecular weight is 434 g/mol. The van der Waals surface area contributed by atoms with Crippen LogP contribution in [0.5, 0.6) is 0 Å². The van der Waals surface area contributed by atoms with Gasteiger partial charge in [-0.1, -0.05) is 28.9 Å². The van der Waals surface area contributed by atoms with Crippen LogP contribution in [0.25, 0.3) is 0 Å². The molecule has 0 saturated carbocycles. The van der Waals surface area contributed by atoms with E-state index in [1.54, 1.807) is 48.2 Å². The summed E-state index contributed by atoms with van der Waals surface area (Å²) in [4.78, 5) is 9.39. The molecule has 8 nitrogen and oxygen atoms in total. The van der Waals surface area contributed by atoms with Crippen LogP contribution in [0.1, 0.15) is 36.9 Å². The molecule has 1 aromatic carbocycles. The summed E-state index contributed by atoms with van der Waals surface area (Å²) in [6, 6.07) is 8.46. The third-order valence-corrected chi connectivity index (χ3v) is 5.79. The number of ether oxygens (including phenoxy) is 1. The van der Waals surface area contributed by atoms with Gasteiger partial charge in [0, 0.05) is 35.1 Å². The topological polar surface area (TPSA) is 109 Å². The van der Waals surface area contributed by atoms with Crippen LogP contribution in [-0.4, -0.2) is 56.9 Å². The first-order valence-corrected chi connectivity index (χ1v) is 10.1. The van der Waals surface area contributed by atoms with Gasteiger partial charge in [0.05, 0.1) is 0 Å². The van der Waals surface area contributed by atoms with E-state index < -0.39 is 30.1 Å². The van der Waals surface area contributed by atoms with Gasteiger partial charge in [-0.3, -0.25) is 0 Å². The Hall–Kier alpha value is -2.23. The second kappa shape index (κ2) is 8.13. The lowest BCUT2D eigenvalue weighted by atomic mass is 9.87. The SMILES string of the molecule is CCO/N=C1\N=CCc2c1ccn2[C@@H]1O[C@H]([C@](C)(O)c2ccc(Cl)cc2)[C@@H](O)[C@H]1O. The number of nitrogens with zero attached hydrogens (tertiary/aromatic N) is 3. The quantitative estimate of drug-likeness (QED) is 0.625. The number of hydrogen-bond acceptors (Lipinski definition) is 6. The van der Waals surface area contributed by atoms with Gasteiger partial charge in [0.15, 0.2) is 12.1 Å². The van der Waals surface area contributed by atoms with E-state index in [2.05, 4.69) is 10.1 Å². The third kappa shape index (κ3) is 3.55. The normalized spacial score (nSPS) is 29.1. The van der Waals surface area contributed by atoms with Crippen LogP contribution in [0.15, 0.2) is 46.7 Å². The molecule has 0 bridgehead atoms. The number of aliphatic imine (C=N–C) groups is 1. The van der Waals surface area contributed by atoms with Crippen LogP contribution < -0.4 is 0 Å². The second-order valence-corrected chi connectivity index (χ2v) is 7.95. The molecule has 0 unspecified atom stereocenters. The maximum atomic E-state index is 11.2. The smallest absolute Gasteiger partial charge is 0.200 e. The van der Waals surface area contributed by atoms with E-state index in [1.807, 2.05) is 13.0 Å². The van der Waals surface area contributed by atoms with Crippen molar-refractivity contribution in [2.24, 2.45) is 10.1 Å². The van der Waals surface area contributed by atoms with Crippen LogP contribution >= 0.6 is 11.6 Å². The van der Waals surface area contributed by atoms with Crippen LogP contribution in [-0.2, 0) is 21.6 Å². The number of amidine groups is 1. The summed E-state index contributed by atoms with van der Waals surface area (Å²) in [5.41, 5.74) is 0.572. The van der Waals surface area contributed by atoms with Gasteiger partial charge in [-0.15, -0.1) is 0 Å². The van der Waals surface area contributed by atoms with Crippen molar-refractivity contribution < 1.29 is 24.9 Å². The molecule has 0 aliphatic carbocycles. The minimum atomic E-state index is -1.55. The molecular weight excluding hydrogens is 410 g/mol. The molecule has 3 heterocycles. The Balaban J connectivity index is 1.63. The van der Waals surface area contributed by atoms with Gasteiger partial charge < -0.3 is 29.5 Å². The zero-order valence-electron chi connectivity index (χ0n) is 16.6. The number of halogens is 1. The summed E-state index contributed by atoms with van der Waals surface area (Å²) in [7, 11) is 0. The van der Waals surface area contributed by atoms with E-state index >= 15 is 0 Å². The van der Waals surface area contributed by atoms with Gasteiger partial charge in [0.1, 0.15) is 30.5 Å². The molecule has 1 saturated heterocycles. The molecule has 0 spiro atoms. The van der Waals surface area contributed by atoms with Crippen molar-refractivity contribution in [2.45, 2.75) is 50.4 Å². The highest BCUT2D eigenvalue weighted by atomic mass is 35.5. The zero-order valence-corrected chi connectivity index (χ0v) is 17.4. The van der Waals surface area contributed by atoms with Crippen molar-refractivity contribution in [2.75, 3.05) is 6.61 Å². The minimum absolute atomic E-state index is 0.424. The highest BCUT2D eigenvalue weighted by Gasteiger charge is 2.52. The fraction of sp³-hybridized carbons (Fsp3) is 0.429. The Bertz CT molecular complexity index is 970. The van der Waals surface area contributed by atoms with Crippen molar-refractivity contribution in [3.63, 3.8) is 0 Å². The number of aliphatic hydroxyl groups is 3. The van der Waals surface area contributed by atoms with Gasteiger partial charge >= 0.3 is 0 Å². The largest absolute Gasteiger partial charge is 0.394 e. The summed E-state index contributed by atoms with van der Waals surface area (Å²) < 4.78 is 7.77. The first kappa shape index (κ1) is 21.0. The van der Waals surface area contributed by atoms with Gasteiger partial charge in [0.25, 0.3) is 0 Å². The first-order chi connectivity index (χ1) is 14.3. The van der Waals surface area contributed by atoms with Crippen molar-refractivity contribution in [3.8, 4) is 0 Å². The molecule has 4 rings (SSSR count). The van der Waals surface area contributed by atoms with Gasteiger partial charge in [-0.25, -0.2) is 4.99 Å². The van der Waals surface area contributed by atoms with Crippen LogP contribution in [0.2, 0.25) is 5.02 Å². The molecule has 2 aromatic rings. The average Bonchev–Trinajstić information content (AvgIpc) is 3.29. The van der Waals surface area contributed by atoms with Crippen molar-refractivity contribution in [1.82, 2.24) is 4.57 Å². The lowest BCUT2D eigenvalue weighted by Gasteiger charge is -2.32. The summed E-state index contributed by atoms with van der Waals surface area (Å²) in [6.07, 6.45) is -0.507. The number of benzene rings is 1. The highest BCUT2D eigenvalue weighted by molar-refractivity contribution is 6.30. The van der Waals surface area contributed by atoms with Crippen molar-refractivity contribution in [1.29, 1.82) is 0 Å². The molecule has 2 aliphatic rings. The highest BCUT2D eigenvalue weighted by Crippen LogP contribution is 2.40. The second-order valence-electron chi connectivity index (χ2n) is 7.51.